The highest BCUT2D eigenvalue weighted by Crippen LogP contribution is 2.20. The molecule has 0 radical (unpaired) electrons. The Morgan fingerprint density at radius 2 is 2.00 bits per heavy atom. The van der Waals surface area contributed by atoms with Crippen LogP contribution in [-0.2, 0) is 4.79 Å². The summed E-state index contributed by atoms with van der Waals surface area (Å²) >= 11 is 0. The van der Waals surface area contributed by atoms with Gasteiger partial charge in [0.1, 0.15) is 11.9 Å². The summed E-state index contributed by atoms with van der Waals surface area (Å²) in [5.74, 6) is -1.82. The molecule has 82 valence electrons. The Bertz CT molecular complexity index is 384. The summed E-state index contributed by atoms with van der Waals surface area (Å²) in [4.78, 5) is 10.6. The van der Waals surface area contributed by atoms with Crippen molar-refractivity contribution in [3.63, 3.8) is 0 Å². The average Bonchev–Trinajstić information content (AvgIpc) is 2.19. The van der Waals surface area contributed by atoms with Crippen LogP contribution in [0.5, 0.6) is 0 Å². The standard InChI is InChI=1S/C9H11FN2O3/c10-5-3-4(1-2-6(5)11)7(13)8(14)9(12)15/h1-3,7-8,13-14H,11H2,(H2,12,15). The maximum atomic E-state index is 13.0. The van der Waals surface area contributed by atoms with Gasteiger partial charge in [-0.3, -0.25) is 4.79 Å². The van der Waals surface area contributed by atoms with E-state index in [4.69, 9.17) is 16.6 Å². The zero-order chi connectivity index (χ0) is 11.6. The minimum atomic E-state index is -1.77. The van der Waals surface area contributed by atoms with E-state index >= 15 is 0 Å². The molecule has 0 fully saturated rings. The lowest BCUT2D eigenvalue weighted by atomic mass is 10.0. The molecule has 2 atom stereocenters. The minimum Gasteiger partial charge on any atom is -0.396 e. The minimum absolute atomic E-state index is 0.0352. The quantitative estimate of drug-likeness (QED) is 0.498. The molecule has 6 N–H and O–H groups in total. The van der Waals surface area contributed by atoms with E-state index in [2.05, 4.69) is 0 Å². The molecule has 0 aliphatic rings. The monoisotopic (exact) mass is 214 g/mol. The van der Waals surface area contributed by atoms with Gasteiger partial charge in [-0.05, 0) is 17.7 Å². The van der Waals surface area contributed by atoms with Crippen LogP contribution in [0.2, 0.25) is 0 Å². The maximum absolute atomic E-state index is 13.0. The maximum Gasteiger partial charge on any atom is 0.249 e. The van der Waals surface area contributed by atoms with Crippen LogP contribution in [0.4, 0.5) is 10.1 Å². The molecule has 2 unspecified atom stereocenters. The van der Waals surface area contributed by atoms with Crippen molar-refractivity contribution in [2.24, 2.45) is 5.73 Å². The largest absolute Gasteiger partial charge is 0.396 e. The molecule has 1 aromatic carbocycles. The molecule has 0 aromatic heterocycles. The molecule has 0 spiro atoms. The topological polar surface area (TPSA) is 110 Å². The number of anilines is 1. The predicted molar refractivity (Wildman–Crippen MR) is 51.0 cm³/mol. The summed E-state index contributed by atoms with van der Waals surface area (Å²) in [6.07, 6.45) is -3.33. The van der Waals surface area contributed by atoms with E-state index in [1.54, 1.807) is 0 Å². The van der Waals surface area contributed by atoms with Crippen molar-refractivity contribution >= 4 is 11.6 Å². The van der Waals surface area contributed by atoms with E-state index in [0.29, 0.717) is 0 Å². The van der Waals surface area contributed by atoms with E-state index in [0.717, 1.165) is 6.07 Å². The summed E-state index contributed by atoms with van der Waals surface area (Å²) in [7, 11) is 0. The number of amides is 1. The van der Waals surface area contributed by atoms with Gasteiger partial charge in [-0.2, -0.15) is 0 Å². The lowest BCUT2D eigenvalue weighted by Crippen LogP contribution is -2.33. The molecule has 5 nitrogen and oxygen atoms in total. The number of hydrogen-bond donors (Lipinski definition) is 4. The van der Waals surface area contributed by atoms with Gasteiger partial charge < -0.3 is 21.7 Å². The Labute approximate surface area is 85.1 Å². The zero-order valence-electron chi connectivity index (χ0n) is 7.72. The molecule has 15 heavy (non-hydrogen) atoms. The van der Waals surface area contributed by atoms with Crippen molar-refractivity contribution in [2.75, 3.05) is 5.73 Å². The first kappa shape index (κ1) is 11.4. The van der Waals surface area contributed by atoms with Crippen molar-refractivity contribution in [3.05, 3.63) is 29.6 Å². The normalized spacial score (nSPS) is 14.6. The zero-order valence-corrected chi connectivity index (χ0v) is 7.72. The Morgan fingerprint density at radius 1 is 1.40 bits per heavy atom. The fourth-order valence-electron chi connectivity index (χ4n) is 1.07. The second kappa shape index (κ2) is 4.24. The highest BCUT2D eigenvalue weighted by molar-refractivity contribution is 5.79. The third-order valence-corrected chi connectivity index (χ3v) is 1.96. The Hall–Kier alpha value is -1.66. The Kier molecular flexibility index (Phi) is 3.23. The lowest BCUT2D eigenvalue weighted by molar-refractivity contribution is -0.131. The number of carbonyl (C=O) groups is 1. The second-order valence-corrected chi connectivity index (χ2v) is 3.07. The fourth-order valence-corrected chi connectivity index (χ4v) is 1.07. The first-order valence-corrected chi connectivity index (χ1v) is 4.14. The van der Waals surface area contributed by atoms with Crippen molar-refractivity contribution < 1.29 is 19.4 Å². The molecule has 6 heteroatoms. The van der Waals surface area contributed by atoms with Crippen LogP contribution in [0, 0.1) is 5.82 Å². The summed E-state index contributed by atoms with van der Waals surface area (Å²) in [6, 6.07) is 3.46. The van der Waals surface area contributed by atoms with E-state index in [1.165, 1.54) is 12.1 Å². The molecule has 0 aliphatic carbocycles. The number of aliphatic hydroxyl groups excluding tert-OH is 2. The molecule has 1 aromatic rings. The second-order valence-electron chi connectivity index (χ2n) is 3.07. The summed E-state index contributed by atoms with van der Waals surface area (Å²) < 4.78 is 13.0. The van der Waals surface area contributed by atoms with E-state index < -0.39 is 23.9 Å². The van der Waals surface area contributed by atoms with Crippen LogP contribution >= 0.6 is 0 Å². The Balaban J connectivity index is 2.96. The van der Waals surface area contributed by atoms with Crippen molar-refractivity contribution in [1.29, 1.82) is 0 Å². The van der Waals surface area contributed by atoms with Gasteiger partial charge in [0.15, 0.2) is 6.10 Å². The number of nitrogens with two attached hydrogens (primary N) is 2. The number of carbonyl (C=O) groups excluding carboxylic acids is 1. The van der Waals surface area contributed by atoms with Crippen LogP contribution in [0.1, 0.15) is 11.7 Å². The predicted octanol–water partition coefficient (Wildman–Crippen LogP) is -0.713. The Morgan fingerprint density at radius 3 is 2.47 bits per heavy atom. The van der Waals surface area contributed by atoms with E-state index in [-0.39, 0.29) is 11.3 Å². The molecule has 0 saturated carbocycles. The number of aliphatic hydroxyl groups is 2. The van der Waals surface area contributed by atoms with Crippen LogP contribution in [0.25, 0.3) is 0 Å². The van der Waals surface area contributed by atoms with Crippen molar-refractivity contribution in [3.8, 4) is 0 Å². The molecular formula is C9H11FN2O3. The number of nitrogen functional groups attached to an aromatic ring is 1. The van der Waals surface area contributed by atoms with Gasteiger partial charge in [0.25, 0.3) is 0 Å². The lowest BCUT2D eigenvalue weighted by Gasteiger charge is -2.15. The van der Waals surface area contributed by atoms with Crippen LogP contribution < -0.4 is 11.5 Å². The number of primary amides is 1. The number of hydrogen-bond acceptors (Lipinski definition) is 4. The van der Waals surface area contributed by atoms with E-state index in [1.807, 2.05) is 0 Å². The summed E-state index contributed by atoms with van der Waals surface area (Å²) in [5.41, 5.74) is 9.94. The van der Waals surface area contributed by atoms with Gasteiger partial charge in [0.2, 0.25) is 5.91 Å². The third-order valence-electron chi connectivity index (χ3n) is 1.96. The van der Waals surface area contributed by atoms with Crippen LogP contribution in [0.15, 0.2) is 18.2 Å². The third kappa shape index (κ3) is 2.42. The molecule has 0 saturated heterocycles. The van der Waals surface area contributed by atoms with Crippen molar-refractivity contribution in [2.45, 2.75) is 12.2 Å². The van der Waals surface area contributed by atoms with E-state index in [9.17, 15) is 14.3 Å². The highest BCUT2D eigenvalue weighted by Gasteiger charge is 2.23. The number of benzene rings is 1. The first-order chi connectivity index (χ1) is 6.93. The molecular weight excluding hydrogens is 203 g/mol. The molecule has 1 amide bonds. The fraction of sp³-hybridized carbons (Fsp3) is 0.222. The first-order valence-electron chi connectivity index (χ1n) is 4.14. The number of rotatable bonds is 3. The molecule has 0 aliphatic heterocycles. The van der Waals surface area contributed by atoms with Gasteiger partial charge in [-0.1, -0.05) is 6.07 Å². The average molecular weight is 214 g/mol. The van der Waals surface area contributed by atoms with Gasteiger partial charge in [-0.15, -0.1) is 0 Å². The van der Waals surface area contributed by atoms with Gasteiger partial charge in [0.05, 0.1) is 5.69 Å². The summed E-state index contributed by atoms with van der Waals surface area (Å²) in [5, 5.41) is 18.5. The van der Waals surface area contributed by atoms with Gasteiger partial charge in [0, 0.05) is 0 Å². The van der Waals surface area contributed by atoms with Crippen molar-refractivity contribution in [1.82, 2.24) is 0 Å². The molecule has 0 bridgehead atoms. The van der Waals surface area contributed by atoms with Crippen LogP contribution in [0.3, 0.4) is 0 Å². The van der Waals surface area contributed by atoms with Crippen LogP contribution in [-0.4, -0.2) is 22.2 Å². The molecule has 0 heterocycles. The smallest absolute Gasteiger partial charge is 0.249 e. The number of halogens is 1. The van der Waals surface area contributed by atoms with Gasteiger partial charge >= 0.3 is 0 Å². The molecule has 1 rings (SSSR count). The summed E-state index contributed by atoms with van der Waals surface area (Å²) in [6.45, 7) is 0. The SMILES string of the molecule is NC(=O)C(O)C(O)c1ccc(N)c(F)c1. The highest BCUT2D eigenvalue weighted by atomic mass is 19.1. The van der Waals surface area contributed by atoms with Gasteiger partial charge in [-0.25, -0.2) is 4.39 Å².